The number of ether oxygens (including phenoxy) is 1. The fraction of sp³-hybridized carbons (Fsp3) is 0.690. The van der Waals surface area contributed by atoms with Gasteiger partial charge < -0.3 is 20.3 Å². The second kappa shape index (κ2) is 14.2. The lowest BCUT2D eigenvalue weighted by Gasteiger charge is -2.36. The maximum atomic E-state index is 14.1. The Morgan fingerprint density at radius 2 is 1.64 bits per heavy atom. The SMILES string of the molecule is CCCC(C)NC(=O)C(c1cccc(C)c1C)N(CCC)C(=O)C(CC(C)C)NC(=O)OC(C)(C)C. The van der Waals surface area contributed by atoms with E-state index in [0.717, 1.165) is 29.5 Å². The third-order valence-electron chi connectivity index (χ3n) is 6.06. The first kappa shape index (κ1) is 31.5. The molecule has 0 bridgehead atoms. The highest BCUT2D eigenvalue weighted by molar-refractivity contribution is 5.92. The highest BCUT2D eigenvalue weighted by Crippen LogP contribution is 2.28. The minimum atomic E-state index is -0.806. The van der Waals surface area contributed by atoms with Crippen LogP contribution in [-0.4, -0.2) is 47.0 Å². The molecule has 0 heterocycles. The van der Waals surface area contributed by atoms with Gasteiger partial charge in [0.15, 0.2) is 0 Å². The number of nitrogens with zero attached hydrogens (tertiary/aromatic N) is 1. The normalized spacial score (nSPS) is 14.1. The van der Waals surface area contributed by atoms with Crippen molar-refractivity contribution in [2.75, 3.05) is 6.54 Å². The molecule has 1 aromatic rings. The zero-order chi connectivity index (χ0) is 27.6. The quantitative estimate of drug-likeness (QED) is 0.376. The number of hydrogen-bond acceptors (Lipinski definition) is 4. The van der Waals surface area contributed by atoms with E-state index in [1.54, 1.807) is 25.7 Å². The van der Waals surface area contributed by atoms with Gasteiger partial charge in [-0.1, -0.05) is 52.3 Å². The molecule has 0 fully saturated rings. The first-order valence-electron chi connectivity index (χ1n) is 13.4. The van der Waals surface area contributed by atoms with Crippen molar-refractivity contribution in [2.24, 2.45) is 5.92 Å². The van der Waals surface area contributed by atoms with Gasteiger partial charge in [0.05, 0.1) is 0 Å². The second-order valence-corrected chi connectivity index (χ2v) is 11.2. The average Bonchev–Trinajstić information content (AvgIpc) is 2.73. The molecule has 0 saturated carbocycles. The van der Waals surface area contributed by atoms with E-state index in [1.807, 2.05) is 59.7 Å². The molecule has 0 aliphatic rings. The van der Waals surface area contributed by atoms with E-state index in [2.05, 4.69) is 17.6 Å². The summed E-state index contributed by atoms with van der Waals surface area (Å²) in [6.45, 7) is 19.8. The highest BCUT2D eigenvalue weighted by atomic mass is 16.6. The lowest BCUT2D eigenvalue weighted by molar-refractivity contribution is -0.143. The van der Waals surface area contributed by atoms with E-state index < -0.39 is 23.8 Å². The molecule has 7 nitrogen and oxygen atoms in total. The number of benzene rings is 1. The van der Waals surface area contributed by atoms with Crippen LogP contribution >= 0.6 is 0 Å². The number of carbonyl (C=O) groups is 3. The fourth-order valence-corrected chi connectivity index (χ4v) is 4.30. The third kappa shape index (κ3) is 9.82. The standard InChI is InChI=1S/C29H49N3O4/c1-11-14-21(6)30-26(33)25(23-16-13-15-20(5)22(23)7)32(17-12-2)27(34)24(18-19(3)4)31-28(35)36-29(8,9)10/h13,15-16,19,21,24-25H,11-12,14,17-18H2,1-10H3,(H,30,33)(H,31,35). The van der Waals surface area contributed by atoms with Gasteiger partial charge in [0, 0.05) is 12.6 Å². The maximum absolute atomic E-state index is 14.1. The molecule has 36 heavy (non-hydrogen) atoms. The first-order valence-corrected chi connectivity index (χ1v) is 13.4. The summed E-state index contributed by atoms with van der Waals surface area (Å²) in [6.07, 6.45) is 2.27. The van der Waals surface area contributed by atoms with Crippen LogP contribution in [0.25, 0.3) is 0 Å². The summed E-state index contributed by atoms with van der Waals surface area (Å²) >= 11 is 0. The van der Waals surface area contributed by atoms with E-state index in [4.69, 9.17) is 4.74 Å². The number of hydrogen-bond donors (Lipinski definition) is 2. The van der Waals surface area contributed by atoms with Gasteiger partial charge in [0.1, 0.15) is 17.7 Å². The second-order valence-electron chi connectivity index (χ2n) is 11.2. The number of carbonyl (C=O) groups excluding carboxylic acids is 3. The molecule has 0 saturated heterocycles. The summed E-state index contributed by atoms with van der Waals surface area (Å²) in [6, 6.07) is 4.23. The van der Waals surface area contributed by atoms with Crippen LogP contribution in [0.1, 0.15) is 104 Å². The summed E-state index contributed by atoms with van der Waals surface area (Å²) in [5.74, 6) is -0.331. The maximum Gasteiger partial charge on any atom is 0.408 e. The number of nitrogens with one attached hydrogen (secondary N) is 2. The Balaban J connectivity index is 3.51. The molecule has 204 valence electrons. The van der Waals surface area contributed by atoms with Crippen LogP contribution in [0.5, 0.6) is 0 Å². The van der Waals surface area contributed by atoms with Crippen molar-refractivity contribution in [3.05, 3.63) is 34.9 Å². The molecule has 0 radical (unpaired) electrons. The van der Waals surface area contributed by atoms with Gasteiger partial charge in [-0.2, -0.15) is 0 Å². The van der Waals surface area contributed by atoms with E-state index >= 15 is 0 Å². The van der Waals surface area contributed by atoms with Crippen LogP contribution < -0.4 is 10.6 Å². The molecule has 3 amide bonds. The van der Waals surface area contributed by atoms with Gasteiger partial charge in [0.25, 0.3) is 0 Å². The molecule has 3 unspecified atom stereocenters. The van der Waals surface area contributed by atoms with Gasteiger partial charge in [-0.25, -0.2) is 4.79 Å². The van der Waals surface area contributed by atoms with E-state index in [0.29, 0.717) is 19.4 Å². The van der Waals surface area contributed by atoms with Crippen molar-refractivity contribution in [1.29, 1.82) is 0 Å². The summed E-state index contributed by atoms with van der Waals surface area (Å²) in [4.78, 5) is 42.1. The number of rotatable bonds is 12. The molecule has 3 atom stereocenters. The molecular formula is C29H49N3O4. The van der Waals surface area contributed by atoms with Crippen LogP contribution in [0.4, 0.5) is 4.79 Å². The van der Waals surface area contributed by atoms with Crippen molar-refractivity contribution >= 4 is 17.9 Å². The smallest absolute Gasteiger partial charge is 0.408 e. The van der Waals surface area contributed by atoms with Crippen LogP contribution in [0.3, 0.4) is 0 Å². The van der Waals surface area contributed by atoms with Crippen molar-refractivity contribution in [3.8, 4) is 0 Å². The molecular weight excluding hydrogens is 454 g/mol. The van der Waals surface area contributed by atoms with Gasteiger partial charge in [0.2, 0.25) is 11.8 Å². The minimum Gasteiger partial charge on any atom is -0.444 e. The Morgan fingerprint density at radius 1 is 1.00 bits per heavy atom. The van der Waals surface area contributed by atoms with Crippen molar-refractivity contribution in [1.82, 2.24) is 15.5 Å². The van der Waals surface area contributed by atoms with Gasteiger partial charge >= 0.3 is 6.09 Å². The summed E-state index contributed by atoms with van der Waals surface area (Å²) in [5.41, 5.74) is 2.16. The van der Waals surface area contributed by atoms with E-state index in [1.165, 1.54) is 0 Å². The number of aryl methyl sites for hydroxylation is 1. The Hall–Kier alpha value is -2.57. The molecule has 1 aromatic carbocycles. The predicted molar refractivity (Wildman–Crippen MR) is 146 cm³/mol. The predicted octanol–water partition coefficient (Wildman–Crippen LogP) is 5.83. The fourth-order valence-electron chi connectivity index (χ4n) is 4.30. The summed E-state index contributed by atoms with van der Waals surface area (Å²) in [5, 5.41) is 5.92. The largest absolute Gasteiger partial charge is 0.444 e. The topological polar surface area (TPSA) is 87.7 Å². The van der Waals surface area contributed by atoms with Crippen molar-refractivity contribution in [2.45, 2.75) is 119 Å². The molecule has 0 aliphatic carbocycles. The molecule has 0 aromatic heterocycles. The van der Waals surface area contributed by atoms with Gasteiger partial charge in [-0.3, -0.25) is 9.59 Å². The summed E-state index contributed by atoms with van der Waals surface area (Å²) < 4.78 is 5.45. The molecule has 0 spiro atoms. The number of amides is 3. The van der Waals surface area contributed by atoms with E-state index in [-0.39, 0.29) is 23.8 Å². The molecule has 0 aliphatic heterocycles. The monoisotopic (exact) mass is 503 g/mol. The van der Waals surface area contributed by atoms with Gasteiger partial charge in [-0.05, 0) is 83.4 Å². The zero-order valence-corrected chi connectivity index (χ0v) is 24.2. The number of alkyl carbamates (subject to hydrolysis) is 1. The Labute approximate surface area is 218 Å². The first-order chi connectivity index (χ1) is 16.7. The van der Waals surface area contributed by atoms with Crippen LogP contribution in [0, 0.1) is 19.8 Å². The Bertz CT molecular complexity index is 876. The minimum absolute atomic E-state index is 0.0138. The van der Waals surface area contributed by atoms with E-state index in [9.17, 15) is 14.4 Å². The van der Waals surface area contributed by atoms with Crippen LogP contribution in [0.15, 0.2) is 18.2 Å². The Kier molecular flexibility index (Phi) is 12.4. The zero-order valence-electron chi connectivity index (χ0n) is 24.2. The van der Waals surface area contributed by atoms with Crippen LogP contribution in [0.2, 0.25) is 0 Å². The molecule has 1 rings (SSSR count). The lowest BCUT2D eigenvalue weighted by atomic mass is 9.94. The highest BCUT2D eigenvalue weighted by Gasteiger charge is 2.37. The van der Waals surface area contributed by atoms with Crippen molar-refractivity contribution in [3.63, 3.8) is 0 Å². The lowest BCUT2D eigenvalue weighted by Crippen LogP contribution is -2.54. The van der Waals surface area contributed by atoms with Crippen molar-refractivity contribution < 1.29 is 19.1 Å². The van der Waals surface area contributed by atoms with Gasteiger partial charge in [-0.15, -0.1) is 0 Å². The van der Waals surface area contributed by atoms with Crippen LogP contribution in [-0.2, 0) is 14.3 Å². The third-order valence-corrected chi connectivity index (χ3v) is 6.06. The molecule has 2 N–H and O–H groups in total. The average molecular weight is 504 g/mol. The summed E-state index contributed by atoms with van der Waals surface area (Å²) in [7, 11) is 0. The Morgan fingerprint density at radius 3 is 2.17 bits per heavy atom. The molecule has 7 heteroatoms.